The summed E-state index contributed by atoms with van der Waals surface area (Å²) in [6.07, 6.45) is 4.74. The van der Waals surface area contributed by atoms with Crippen LogP contribution in [-0.4, -0.2) is 41.3 Å². The van der Waals surface area contributed by atoms with Gasteiger partial charge >= 0.3 is 6.09 Å². The summed E-state index contributed by atoms with van der Waals surface area (Å²) in [6.45, 7) is 1.97. The standard InChI is InChI=1S/C22H25N3O2/c26-22(27-17-18-9-3-1-4-10-18)24-14-8-7-13-20(24)15-23-25-16-21(25)19-11-5-2-6-12-19/h1-6,9-12,15,20-21H,7-8,13-14,16-17H2/b23-15+. The fourth-order valence-corrected chi connectivity index (χ4v) is 3.51. The van der Waals surface area contributed by atoms with Crippen molar-refractivity contribution in [3.63, 3.8) is 0 Å². The molecule has 0 aliphatic carbocycles. The highest BCUT2D eigenvalue weighted by atomic mass is 16.6. The molecule has 2 aromatic rings. The smallest absolute Gasteiger partial charge is 0.410 e. The average molecular weight is 363 g/mol. The summed E-state index contributed by atoms with van der Waals surface area (Å²) in [5.74, 6) is 0. The van der Waals surface area contributed by atoms with Crippen LogP contribution in [0.15, 0.2) is 65.8 Å². The number of carbonyl (C=O) groups is 1. The first-order valence-corrected chi connectivity index (χ1v) is 9.64. The van der Waals surface area contributed by atoms with E-state index in [0.717, 1.165) is 37.9 Å². The maximum Gasteiger partial charge on any atom is 0.410 e. The van der Waals surface area contributed by atoms with Gasteiger partial charge in [-0.2, -0.15) is 5.10 Å². The van der Waals surface area contributed by atoms with Gasteiger partial charge in [0.1, 0.15) is 6.61 Å². The monoisotopic (exact) mass is 363 g/mol. The third kappa shape index (κ3) is 4.48. The number of amides is 1. The second-order valence-electron chi connectivity index (χ2n) is 7.11. The van der Waals surface area contributed by atoms with Crippen LogP contribution < -0.4 is 0 Å². The molecule has 2 aromatic carbocycles. The zero-order chi connectivity index (χ0) is 18.5. The van der Waals surface area contributed by atoms with E-state index in [0.29, 0.717) is 12.6 Å². The average Bonchev–Trinajstić information content (AvgIpc) is 3.52. The molecule has 27 heavy (non-hydrogen) atoms. The molecule has 0 aromatic heterocycles. The summed E-state index contributed by atoms with van der Waals surface area (Å²) in [5.41, 5.74) is 2.29. The van der Waals surface area contributed by atoms with Crippen molar-refractivity contribution in [2.45, 2.75) is 38.0 Å². The van der Waals surface area contributed by atoms with Gasteiger partial charge in [0, 0.05) is 12.8 Å². The molecule has 5 nitrogen and oxygen atoms in total. The minimum absolute atomic E-state index is 0.0130. The van der Waals surface area contributed by atoms with Gasteiger partial charge in [-0.3, -0.25) is 5.01 Å². The van der Waals surface area contributed by atoms with E-state index < -0.39 is 0 Å². The molecule has 2 heterocycles. The number of piperidine rings is 1. The predicted octanol–water partition coefficient (Wildman–Crippen LogP) is 4.22. The third-order valence-corrected chi connectivity index (χ3v) is 5.15. The number of carbonyl (C=O) groups excluding carboxylic acids is 1. The molecule has 0 saturated carbocycles. The number of nitrogens with zero attached hydrogens (tertiary/aromatic N) is 3. The van der Waals surface area contributed by atoms with Gasteiger partial charge in [0.15, 0.2) is 0 Å². The highest BCUT2D eigenvalue weighted by Crippen LogP contribution is 2.34. The Morgan fingerprint density at radius 2 is 1.81 bits per heavy atom. The molecule has 0 radical (unpaired) electrons. The molecule has 2 atom stereocenters. The van der Waals surface area contributed by atoms with Crippen molar-refractivity contribution in [3.05, 3.63) is 71.8 Å². The first-order valence-electron chi connectivity index (χ1n) is 9.64. The quantitative estimate of drug-likeness (QED) is 0.590. The molecule has 2 aliphatic rings. The van der Waals surface area contributed by atoms with Gasteiger partial charge in [-0.05, 0) is 30.4 Å². The van der Waals surface area contributed by atoms with Gasteiger partial charge < -0.3 is 9.64 Å². The molecule has 5 heteroatoms. The van der Waals surface area contributed by atoms with Gasteiger partial charge in [0.2, 0.25) is 0 Å². The Morgan fingerprint density at radius 1 is 1.07 bits per heavy atom. The van der Waals surface area contributed by atoms with E-state index in [2.05, 4.69) is 34.4 Å². The van der Waals surface area contributed by atoms with Crippen LogP contribution in [0.25, 0.3) is 0 Å². The first kappa shape index (κ1) is 17.6. The lowest BCUT2D eigenvalue weighted by Gasteiger charge is -2.32. The molecule has 0 N–H and O–H groups in total. The molecule has 140 valence electrons. The van der Waals surface area contributed by atoms with Gasteiger partial charge in [0.05, 0.1) is 18.6 Å². The molecule has 0 spiro atoms. The van der Waals surface area contributed by atoms with Gasteiger partial charge in [0.25, 0.3) is 0 Å². The number of likely N-dealkylation sites (tertiary alicyclic amines) is 1. The number of rotatable bonds is 5. The van der Waals surface area contributed by atoms with E-state index in [1.165, 1.54) is 5.56 Å². The molecule has 2 unspecified atom stereocenters. The fraction of sp³-hybridized carbons (Fsp3) is 0.364. The normalized spacial score (nSPS) is 22.1. The van der Waals surface area contributed by atoms with Crippen molar-refractivity contribution >= 4 is 12.3 Å². The Morgan fingerprint density at radius 3 is 2.59 bits per heavy atom. The minimum atomic E-state index is -0.250. The Balaban J connectivity index is 1.33. The summed E-state index contributed by atoms with van der Waals surface area (Å²) in [5, 5.41) is 6.69. The molecule has 2 aliphatic heterocycles. The van der Waals surface area contributed by atoms with Crippen molar-refractivity contribution in [1.82, 2.24) is 9.91 Å². The lowest BCUT2D eigenvalue weighted by Crippen LogP contribution is -2.45. The van der Waals surface area contributed by atoms with E-state index in [1.54, 1.807) is 0 Å². The van der Waals surface area contributed by atoms with E-state index >= 15 is 0 Å². The summed E-state index contributed by atoms with van der Waals surface area (Å²) >= 11 is 0. The second-order valence-corrected chi connectivity index (χ2v) is 7.11. The third-order valence-electron chi connectivity index (χ3n) is 5.15. The van der Waals surface area contributed by atoms with E-state index in [1.807, 2.05) is 47.5 Å². The van der Waals surface area contributed by atoms with Crippen molar-refractivity contribution < 1.29 is 9.53 Å². The maximum atomic E-state index is 12.6. The Labute approximate surface area is 160 Å². The van der Waals surface area contributed by atoms with E-state index in [4.69, 9.17) is 4.74 Å². The Bertz CT molecular complexity index is 779. The van der Waals surface area contributed by atoms with E-state index in [9.17, 15) is 4.79 Å². The molecular formula is C22H25N3O2. The highest BCUT2D eigenvalue weighted by molar-refractivity contribution is 5.75. The van der Waals surface area contributed by atoms with Crippen molar-refractivity contribution in [2.24, 2.45) is 5.10 Å². The van der Waals surface area contributed by atoms with Gasteiger partial charge in [-0.15, -0.1) is 0 Å². The predicted molar refractivity (Wildman–Crippen MR) is 105 cm³/mol. The second kappa shape index (κ2) is 8.25. The van der Waals surface area contributed by atoms with Crippen LogP contribution in [0.5, 0.6) is 0 Å². The zero-order valence-electron chi connectivity index (χ0n) is 15.4. The Kier molecular flexibility index (Phi) is 5.37. The highest BCUT2D eigenvalue weighted by Gasteiger charge is 2.35. The summed E-state index contributed by atoms with van der Waals surface area (Å²) < 4.78 is 5.52. The minimum Gasteiger partial charge on any atom is -0.445 e. The van der Waals surface area contributed by atoms with Crippen molar-refractivity contribution in [3.8, 4) is 0 Å². The number of hydrogen-bond acceptors (Lipinski definition) is 4. The topological polar surface area (TPSA) is 44.9 Å². The first-order chi connectivity index (χ1) is 13.3. The van der Waals surface area contributed by atoms with Crippen LogP contribution >= 0.6 is 0 Å². The maximum absolute atomic E-state index is 12.6. The number of benzene rings is 2. The van der Waals surface area contributed by atoms with Crippen LogP contribution in [0.4, 0.5) is 4.79 Å². The van der Waals surface area contributed by atoms with Crippen LogP contribution in [0.1, 0.15) is 36.4 Å². The number of hydrogen-bond donors (Lipinski definition) is 0. The zero-order valence-corrected chi connectivity index (χ0v) is 15.4. The fourth-order valence-electron chi connectivity index (χ4n) is 3.51. The largest absolute Gasteiger partial charge is 0.445 e. The lowest BCUT2D eigenvalue weighted by molar-refractivity contribution is 0.0813. The molecule has 2 saturated heterocycles. The molecule has 1 amide bonds. The van der Waals surface area contributed by atoms with Gasteiger partial charge in [-0.25, -0.2) is 4.79 Å². The summed E-state index contributed by atoms with van der Waals surface area (Å²) in [7, 11) is 0. The summed E-state index contributed by atoms with van der Waals surface area (Å²) in [6, 6.07) is 20.6. The van der Waals surface area contributed by atoms with Crippen LogP contribution in [0.3, 0.4) is 0 Å². The van der Waals surface area contributed by atoms with Crippen molar-refractivity contribution in [1.29, 1.82) is 0 Å². The van der Waals surface area contributed by atoms with Crippen molar-refractivity contribution in [2.75, 3.05) is 13.1 Å². The Hall–Kier alpha value is -2.82. The molecule has 4 rings (SSSR count). The summed E-state index contributed by atoms with van der Waals surface area (Å²) in [4.78, 5) is 14.4. The van der Waals surface area contributed by atoms with Crippen LogP contribution in [0.2, 0.25) is 0 Å². The van der Waals surface area contributed by atoms with Crippen LogP contribution in [0, 0.1) is 0 Å². The SMILES string of the molecule is O=C(OCc1ccccc1)N1CCCCC1/C=N/N1CC1c1ccccc1. The lowest BCUT2D eigenvalue weighted by atomic mass is 10.0. The number of ether oxygens (including phenoxy) is 1. The molecule has 0 bridgehead atoms. The number of hydrazone groups is 1. The van der Waals surface area contributed by atoms with E-state index in [-0.39, 0.29) is 12.1 Å². The van der Waals surface area contributed by atoms with Crippen LogP contribution in [-0.2, 0) is 11.3 Å². The molecular weight excluding hydrogens is 338 g/mol. The molecule has 2 fully saturated rings. The van der Waals surface area contributed by atoms with Gasteiger partial charge in [-0.1, -0.05) is 60.7 Å².